The Morgan fingerprint density at radius 1 is 1.31 bits per heavy atom. The van der Waals surface area contributed by atoms with Crippen LogP contribution in [0.1, 0.15) is 60.8 Å². The van der Waals surface area contributed by atoms with Crippen LogP contribution in [-0.4, -0.2) is 32.1 Å². The lowest BCUT2D eigenvalue weighted by atomic mass is 9.87. The van der Waals surface area contributed by atoms with Gasteiger partial charge in [0.25, 0.3) is 5.91 Å². The number of aliphatic hydroxyl groups is 1. The number of aromatic nitrogens is 3. The van der Waals surface area contributed by atoms with E-state index < -0.39 is 5.60 Å². The van der Waals surface area contributed by atoms with Gasteiger partial charge in [0.15, 0.2) is 0 Å². The summed E-state index contributed by atoms with van der Waals surface area (Å²) in [5.41, 5.74) is 2.41. The largest absolute Gasteiger partial charge is 0.386 e. The SMILES string of the molecule is CC(C)(O)c1cc2nn([C@H]3CC[C@H](C=O)CC3)cc2cc1NC(=O)c1cncs1. The van der Waals surface area contributed by atoms with Gasteiger partial charge in [-0.15, -0.1) is 11.3 Å². The van der Waals surface area contributed by atoms with Crippen molar-refractivity contribution in [1.82, 2.24) is 14.8 Å². The van der Waals surface area contributed by atoms with Gasteiger partial charge in [-0.3, -0.25) is 14.5 Å². The maximum atomic E-state index is 12.5. The van der Waals surface area contributed by atoms with E-state index in [9.17, 15) is 14.7 Å². The Bertz CT molecular complexity index is 1030. The van der Waals surface area contributed by atoms with Crippen LogP contribution in [-0.2, 0) is 10.4 Å². The van der Waals surface area contributed by atoms with Gasteiger partial charge in [-0.05, 0) is 51.7 Å². The molecule has 0 aliphatic heterocycles. The minimum atomic E-state index is -1.14. The van der Waals surface area contributed by atoms with Crippen molar-refractivity contribution in [2.45, 2.75) is 51.2 Å². The number of benzene rings is 1. The molecule has 1 aliphatic rings. The molecule has 0 atom stereocenters. The Labute approximate surface area is 172 Å². The van der Waals surface area contributed by atoms with Gasteiger partial charge in [-0.25, -0.2) is 0 Å². The zero-order valence-electron chi connectivity index (χ0n) is 16.5. The summed E-state index contributed by atoms with van der Waals surface area (Å²) in [5.74, 6) is -0.0940. The number of hydrogen-bond donors (Lipinski definition) is 2. The van der Waals surface area contributed by atoms with E-state index in [0.29, 0.717) is 16.1 Å². The number of anilines is 1. The van der Waals surface area contributed by atoms with Crippen molar-refractivity contribution in [3.05, 3.63) is 40.5 Å². The molecule has 1 saturated carbocycles. The van der Waals surface area contributed by atoms with Crippen LogP contribution in [0.25, 0.3) is 10.9 Å². The quantitative estimate of drug-likeness (QED) is 0.620. The standard InChI is InChI=1S/C21H24N4O3S/c1-21(2,28)16-8-17-14(7-18(16)23-20(27)19-9-22-12-29-19)10-25(24-17)15-5-3-13(11-26)4-6-15/h7-13,15,28H,3-6H2,1-2H3,(H,23,27)/t13-,15-. The molecule has 0 unspecified atom stereocenters. The number of nitrogens with zero attached hydrogens (tertiary/aromatic N) is 3. The predicted octanol–water partition coefficient (Wildman–Crippen LogP) is 3.90. The maximum Gasteiger partial charge on any atom is 0.267 e. The van der Waals surface area contributed by atoms with Gasteiger partial charge in [-0.2, -0.15) is 5.10 Å². The second kappa shape index (κ2) is 7.68. The normalized spacial score (nSPS) is 20.0. The van der Waals surface area contributed by atoms with Crippen LogP contribution in [0.3, 0.4) is 0 Å². The highest BCUT2D eigenvalue weighted by Crippen LogP contribution is 2.35. The lowest BCUT2D eigenvalue weighted by Crippen LogP contribution is -2.20. The smallest absolute Gasteiger partial charge is 0.267 e. The Morgan fingerprint density at radius 3 is 2.69 bits per heavy atom. The Hall–Kier alpha value is -2.58. The van der Waals surface area contributed by atoms with Gasteiger partial charge in [0, 0.05) is 28.8 Å². The molecule has 1 fully saturated rings. The third-order valence-corrected chi connectivity index (χ3v) is 6.30. The highest BCUT2D eigenvalue weighted by molar-refractivity contribution is 7.11. The molecule has 0 spiro atoms. The van der Waals surface area contributed by atoms with Crippen molar-refractivity contribution in [2.75, 3.05) is 5.32 Å². The van der Waals surface area contributed by atoms with Crippen LogP contribution in [0.5, 0.6) is 0 Å². The van der Waals surface area contributed by atoms with Crippen LogP contribution in [0, 0.1) is 5.92 Å². The van der Waals surface area contributed by atoms with Gasteiger partial charge >= 0.3 is 0 Å². The molecule has 0 radical (unpaired) electrons. The van der Waals surface area contributed by atoms with Crippen molar-refractivity contribution < 1.29 is 14.7 Å². The number of thiazole rings is 1. The van der Waals surface area contributed by atoms with E-state index in [1.165, 1.54) is 17.5 Å². The molecule has 1 amide bonds. The fraction of sp³-hybridized carbons (Fsp3) is 0.429. The summed E-state index contributed by atoms with van der Waals surface area (Å²) in [4.78, 5) is 28.0. The molecule has 7 nitrogen and oxygen atoms in total. The van der Waals surface area contributed by atoms with Crippen molar-refractivity contribution in [3.8, 4) is 0 Å². The first-order valence-electron chi connectivity index (χ1n) is 9.76. The molecule has 2 heterocycles. The van der Waals surface area contributed by atoms with Crippen LogP contribution in [0.2, 0.25) is 0 Å². The second-order valence-electron chi connectivity index (χ2n) is 8.15. The van der Waals surface area contributed by atoms with Crippen molar-refractivity contribution >= 4 is 40.1 Å². The number of fused-ring (bicyclic) bond motifs is 1. The number of rotatable bonds is 5. The van der Waals surface area contributed by atoms with Crippen molar-refractivity contribution in [3.63, 3.8) is 0 Å². The highest BCUT2D eigenvalue weighted by atomic mass is 32.1. The molecule has 152 valence electrons. The number of aldehydes is 1. The number of carbonyl (C=O) groups is 2. The van der Waals surface area contributed by atoms with E-state index in [0.717, 1.165) is 42.9 Å². The Morgan fingerprint density at radius 2 is 2.07 bits per heavy atom. The molecule has 0 bridgehead atoms. The summed E-state index contributed by atoms with van der Waals surface area (Å²) in [5, 5.41) is 19.2. The minimum absolute atomic E-state index is 0.159. The molecule has 4 rings (SSSR count). The van der Waals surface area contributed by atoms with Gasteiger partial charge in [0.05, 0.1) is 28.9 Å². The van der Waals surface area contributed by atoms with Crippen LogP contribution < -0.4 is 5.32 Å². The number of nitrogens with one attached hydrogen (secondary N) is 1. The van der Waals surface area contributed by atoms with Crippen LogP contribution in [0.15, 0.2) is 30.0 Å². The summed E-state index contributed by atoms with van der Waals surface area (Å²) in [6.45, 7) is 3.38. The monoisotopic (exact) mass is 412 g/mol. The molecular formula is C21H24N4O3S. The van der Waals surface area contributed by atoms with E-state index in [1.54, 1.807) is 19.4 Å². The fourth-order valence-corrected chi connectivity index (χ4v) is 4.42. The Kier molecular flexibility index (Phi) is 5.23. The summed E-state index contributed by atoms with van der Waals surface area (Å²) < 4.78 is 1.97. The molecular weight excluding hydrogens is 388 g/mol. The molecule has 1 aliphatic carbocycles. The maximum absolute atomic E-state index is 12.5. The summed E-state index contributed by atoms with van der Waals surface area (Å²) in [7, 11) is 0. The first-order valence-corrected chi connectivity index (χ1v) is 10.6. The van der Waals surface area contributed by atoms with E-state index in [2.05, 4.69) is 10.3 Å². The summed E-state index contributed by atoms with van der Waals surface area (Å²) in [6, 6.07) is 3.97. The van der Waals surface area contributed by atoms with Crippen molar-refractivity contribution in [1.29, 1.82) is 0 Å². The van der Waals surface area contributed by atoms with Gasteiger partial charge < -0.3 is 15.2 Å². The fourth-order valence-electron chi connectivity index (χ4n) is 3.90. The van der Waals surface area contributed by atoms with E-state index in [-0.39, 0.29) is 17.9 Å². The zero-order valence-corrected chi connectivity index (χ0v) is 17.3. The molecule has 2 aromatic heterocycles. The van der Waals surface area contributed by atoms with Gasteiger partial charge in [-0.1, -0.05) is 0 Å². The summed E-state index contributed by atoms with van der Waals surface area (Å²) in [6.07, 6.45) is 8.18. The third kappa shape index (κ3) is 4.09. The first kappa shape index (κ1) is 19.7. The number of amides is 1. The molecule has 1 aromatic carbocycles. The number of carbonyl (C=O) groups excluding carboxylic acids is 2. The van der Waals surface area contributed by atoms with Gasteiger partial charge in [0.2, 0.25) is 0 Å². The molecule has 8 heteroatoms. The number of hydrogen-bond acceptors (Lipinski definition) is 6. The topological polar surface area (TPSA) is 97.1 Å². The molecule has 29 heavy (non-hydrogen) atoms. The van der Waals surface area contributed by atoms with E-state index >= 15 is 0 Å². The lowest BCUT2D eigenvalue weighted by Gasteiger charge is -2.25. The second-order valence-corrected chi connectivity index (χ2v) is 9.04. The highest BCUT2D eigenvalue weighted by Gasteiger charge is 2.26. The van der Waals surface area contributed by atoms with Gasteiger partial charge in [0.1, 0.15) is 11.2 Å². The van der Waals surface area contributed by atoms with Crippen LogP contribution >= 0.6 is 11.3 Å². The third-order valence-electron chi connectivity index (χ3n) is 5.53. The molecule has 3 aromatic rings. The average Bonchev–Trinajstić information content (AvgIpc) is 3.36. The molecule has 2 N–H and O–H groups in total. The van der Waals surface area contributed by atoms with Crippen molar-refractivity contribution in [2.24, 2.45) is 5.92 Å². The first-order chi connectivity index (χ1) is 13.8. The summed E-state index contributed by atoms with van der Waals surface area (Å²) >= 11 is 1.27. The Balaban J connectivity index is 1.67. The average molecular weight is 413 g/mol. The van der Waals surface area contributed by atoms with E-state index in [4.69, 9.17) is 5.10 Å². The molecule has 0 saturated heterocycles. The predicted molar refractivity (Wildman–Crippen MR) is 112 cm³/mol. The minimum Gasteiger partial charge on any atom is -0.386 e. The van der Waals surface area contributed by atoms with Crippen LogP contribution in [0.4, 0.5) is 5.69 Å². The zero-order chi connectivity index (χ0) is 20.6. The van der Waals surface area contributed by atoms with E-state index in [1.807, 2.05) is 23.0 Å². The lowest BCUT2D eigenvalue weighted by molar-refractivity contribution is -0.112.